The molecule has 1 aromatic heterocycles. The summed E-state index contributed by atoms with van der Waals surface area (Å²) in [5.41, 5.74) is 7.29. The van der Waals surface area contributed by atoms with Gasteiger partial charge in [0.25, 0.3) is 0 Å². The maximum Gasteiger partial charge on any atom is 0.226 e. The van der Waals surface area contributed by atoms with E-state index in [1.54, 1.807) is 13.0 Å². The van der Waals surface area contributed by atoms with E-state index in [-0.39, 0.29) is 5.91 Å². The Morgan fingerprint density at radius 3 is 2.83 bits per heavy atom. The minimum atomic E-state index is -0.0456. The zero-order valence-electron chi connectivity index (χ0n) is 13.9. The van der Waals surface area contributed by atoms with Crippen LogP contribution in [-0.4, -0.2) is 42.1 Å². The molecule has 24 heavy (non-hydrogen) atoms. The Kier molecular flexibility index (Phi) is 5.27. The van der Waals surface area contributed by atoms with Gasteiger partial charge >= 0.3 is 0 Å². The van der Waals surface area contributed by atoms with Crippen molar-refractivity contribution in [2.75, 3.05) is 31.5 Å². The Balaban J connectivity index is 1.52. The van der Waals surface area contributed by atoms with Crippen LogP contribution < -0.4 is 11.1 Å². The van der Waals surface area contributed by atoms with Crippen LogP contribution in [0.25, 0.3) is 0 Å². The molecule has 0 bridgehead atoms. The fraction of sp³-hybridized carbons (Fsp3) is 0.444. The number of hydrogen-bond acceptors (Lipinski definition) is 5. The number of aryl methyl sites for hydroxylation is 1. The lowest BCUT2D eigenvalue weighted by Crippen LogP contribution is -2.27. The predicted octanol–water partition coefficient (Wildman–Crippen LogP) is 1.99. The Morgan fingerprint density at radius 1 is 1.38 bits per heavy atom. The van der Waals surface area contributed by atoms with Crippen LogP contribution >= 0.6 is 0 Å². The highest BCUT2D eigenvalue weighted by Crippen LogP contribution is 2.31. The van der Waals surface area contributed by atoms with Crippen molar-refractivity contribution >= 4 is 11.7 Å². The van der Waals surface area contributed by atoms with Gasteiger partial charge in [-0.1, -0.05) is 35.5 Å². The molecule has 128 valence electrons. The normalized spacial score (nSPS) is 21.1. The van der Waals surface area contributed by atoms with Gasteiger partial charge in [0.05, 0.1) is 0 Å². The summed E-state index contributed by atoms with van der Waals surface area (Å²) in [4.78, 5) is 14.4. The Bertz CT molecular complexity index is 671. The second-order valence-corrected chi connectivity index (χ2v) is 6.39. The number of rotatable bonds is 6. The van der Waals surface area contributed by atoms with Gasteiger partial charge in [-0.05, 0) is 24.9 Å². The van der Waals surface area contributed by atoms with Gasteiger partial charge in [0, 0.05) is 38.0 Å². The molecular weight excluding hydrogens is 304 g/mol. The van der Waals surface area contributed by atoms with E-state index in [1.165, 1.54) is 5.56 Å². The number of benzene rings is 1. The largest absolute Gasteiger partial charge is 0.360 e. The highest BCUT2D eigenvalue weighted by molar-refractivity contribution is 5.89. The second kappa shape index (κ2) is 7.59. The summed E-state index contributed by atoms with van der Waals surface area (Å²) in [5.74, 6) is 1.99. The lowest BCUT2D eigenvalue weighted by atomic mass is 9.89. The van der Waals surface area contributed by atoms with Crippen molar-refractivity contribution in [3.63, 3.8) is 0 Å². The van der Waals surface area contributed by atoms with E-state index >= 15 is 0 Å². The first-order chi connectivity index (χ1) is 11.7. The molecule has 3 rings (SSSR count). The SMILES string of the molecule is Cc1cc(NC(=O)CCN2C[C@@H](CN)[C@H](c3ccccc3)C2)no1. The number of carbonyl (C=O) groups is 1. The van der Waals surface area contributed by atoms with Crippen LogP contribution in [0.15, 0.2) is 40.9 Å². The van der Waals surface area contributed by atoms with Crippen molar-refractivity contribution in [2.24, 2.45) is 11.7 Å². The summed E-state index contributed by atoms with van der Waals surface area (Å²) in [5, 5.41) is 6.54. The van der Waals surface area contributed by atoms with Crippen LogP contribution in [0.5, 0.6) is 0 Å². The number of amides is 1. The maximum absolute atomic E-state index is 12.0. The number of nitrogens with one attached hydrogen (secondary N) is 1. The first-order valence-corrected chi connectivity index (χ1v) is 8.36. The van der Waals surface area contributed by atoms with Gasteiger partial charge in [0.2, 0.25) is 5.91 Å². The monoisotopic (exact) mass is 328 g/mol. The highest BCUT2D eigenvalue weighted by Gasteiger charge is 2.32. The lowest BCUT2D eigenvalue weighted by molar-refractivity contribution is -0.116. The Morgan fingerprint density at radius 2 is 2.17 bits per heavy atom. The third-order valence-electron chi connectivity index (χ3n) is 4.60. The topological polar surface area (TPSA) is 84.4 Å². The first-order valence-electron chi connectivity index (χ1n) is 8.36. The average molecular weight is 328 g/mol. The number of nitrogens with zero attached hydrogens (tertiary/aromatic N) is 2. The molecule has 3 N–H and O–H groups in total. The molecule has 0 unspecified atom stereocenters. The predicted molar refractivity (Wildman–Crippen MR) is 92.7 cm³/mol. The molecule has 0 radical (unpaired) electrons. The molecule has 2 atom stereocenters. The van der Waals surface area contributed by atoms with E-state index in [0.717, 1.165) is 19.6 Å². The Hall–Kier alpha value is -2.18. The fourth-order valence-electron chi connectivity index (χ4n) is 3.35. The molecule has 1 aromatic carbocycles. The summed E-state index contributed by atoms with van der Waals surface area (Å²) in [7, 11) is 0. The summed E-state index contributed by atoms with van der Waals surface area (Å²) < 4.78 is 4.95. The third kappa shape index (κ3) is 4.01. The van der Waals surface area contributed by atoms with E-state index in [1.807, 2.05) is 6.07 Å². The van der Waals surface area contributed by atoms with Gasteiger partial charge in [0.1, 0.15) is 5.76 Å². The van der Waals surface area contributed by atoms with Crippen molar-refractivity contribution in [3.8, 4) is 0 Å². The van der Waals surface area contributed by atoms with Gasteiger partial charge in [-0.2, -0.15) is 0 Å². The van der Waals surface area contributed by atoms with Crippen molar-refractivity contribution in [1.29, 1.82) is 0 Å². The zero-order chi connectivity index (χ0) is 16.9. The van der Waals surface area contributed by atoms with Crippen LogP contribution in [0.1, 0.15) is 23.7 Å². The molecule has 2 heterocycles. The van der Waals surface area contributed by atoms with E-state index in [4.69, 9.17) is 10.3 Å². The van der Waals surface area contributed by atoms with Crippen molar-refractivity contribution in [3.05, 3.63) is 47.7 Å². The van der Waals surface area contributed by atoms with Gasteiger partial charge in [-0.15, -0.1) is 0 Å². The molecule has 0 aliphatic carbocycles. The zero-order valence-corrected chi connectivity index (χ0v) is 13.9. The fourth-order valence-corrected chi connectivity index (χ4v) is 3.35. The minimum Gasteiger partial charge on any atom is -0.360 e. The molecule has 1 amide bonds. The number of carbonyl (C=O) groups excluding carboxylic acids is 1. The molecule has 2 aromatic rings. The molecular formula is C18H24N4O2. The van der Waals surface area contributed by atoms with E-state index in [0.29, 0.717) is 36.4 Å². The maximum atomic E-state index is 12.0. The highest BCUT2D eigenvalue weighted by atomic mass is 16.5. The minimum absolute atomic E-state index is 0.0456. The van der Waals surface area contributed by atoms with Gasteiger partial charge in [-0.3, -0.25) is 4.79 Å². The number of likely N-dealkylation sites (tertiary alicyclic amines) is 1. The van der Waals surface area contributed by atoms with E-state index < -0.39 is 0 Å². The summed E-state index contributed by atoms with van der Waals surface area (Å²) in [6.45, 7) is 5.07. The van der Waals surface area contributed by atoms with Crippen molar-refractivity contribution in [2.45, 2.75) is 19.3 Å². The average Bonchev–Trinajstić information content (AvgIpc) is 3.19. The lowest BCUT2D eigenvalue weighted by Gasteiger charge is -2.16. The van der Waals surface area contributed by atoms with Crippen LogP contribution in [0.3, 0.4) is 0 Å². The van der Waals surface area contributed by atoms with Crippen LogP contribution in [0, 0.1) is 12.8 Å². The molecule has 1 aliphatic rings. The molecule has 1 fully saturated rings. The van der Waals surface area contributed by atoms with Crippen LogP contribution in [0.4, 0.5) is 5.82 Å². The third-order valence-corrected chi connectivity index (χ3v) is 4.60. The van der Waals surface area contributed by atoms with Crippen molar-refractivity contribution in [1.82, 2.24) is 10.1 Å². The number of hydrogen-bond donors (Lipinski definition) is 2. The number of anilines is 1. The molecule has 1 aliphatic heterocycles. The van der Waals surface area contributed by atoms with E-state index in [2.05, 4.69) is 39.6 Å². The van der Waals surface area contributed by atoms with Crippen LogP contribution in [0.2, 0.25) is 0 Å². The smallest absolute Gasteiger partial charge is 0.226 e. The Labute approximate surface area is 142 Å². The quantitative estimate of drug-likeness (QED) is 0.847. The molecule has 6 heteroatoms. The van der Waals surface area contributed by atoms with Gasteiger partial charge < -0.3 is 20.5 Å². The standard InChI is InChI=1S/C18H24N4O2/c1-13-9-17(21-24-13)20-18(23)7-8-22-11-15(10-19)16(12-22)14-5-3-2-4-6-14/h2-6,9,15-16H,7-8,10-12,19H2,1H3,(H,20,21,23)/t15-,16+/m1/s1. The first kappa shape index (κ1) is 16.7. The molecule has 6 nitrogen and oxygen atoms in total. The van der Waals surface area contributed by atoms with Crippen LogP contribution in [-0.2, 0) is 4.79 Å². The summed E-state index contributed by atoms with van der Waals surface area (Å²) in [6.07, 6.45) is 0.435. The number of nitrogens with two attached hydrogens (primary N) is 1. The summed E-state index contributed by atoms with van der Waals surface area (Å²) >= 11 is 0. The molecule has 0 saturated carbocycles. The van der Waals surface area contributed by atoms with E-state index in [9.17, 15) is 4.79 Å². The number of aromatic nitrogens is 1. The summed E-state index contributed by atoms with van der Waals surface area (Å²) in [6, 6.07) is 12.2. The molecule has 1 saturated heterocycles. The second-order valence-electron chi connectivity index (χ2n) is 6.39. The van der Waals surface area contributed by atoms with Crippen molar-refractivity contribution < 1.29 is 9.32 Å². The van der Waals surface area contributed by atoms with Gasteiger partial charge in [-0.25, -0.2) is 0 Å². The molecule has 0 spiro atoms. The van der Waals surface area contributed by atoms with Gasteiger partial charge in [0.15, 0.2) is 5.82 Å².